The number of benzene rings is 2. The normalized spacial score (nSPS) is 12.3. The van der Waals surface area contributed by atoms with Gasteiger partial charge < -0.3 is 14.8 Å². The van der Waals surface area contributed by atoms with E-state index in [1.165, 1.54) is 0 Å². The number of Topliss-reactive ketones (excluding diaryl/α,β-unsaturated/α-hetero) is 1. The van der Waals surface area contributed by atoms with E-state index in [2.05, 4.69) is 4.98 Å². The molecule has 0 aliphatic rings. The molecule has 118 valence electrons. The average Bonchev–Trinajstić information content (AvgIpc) is 3.07. The highest BCUT2D eigenvalue weighted by Gasteiger charge is 2.12. The maximum atomic E-state index is 12.2. The topological polar surface area (TPSA) is 62.3 Å². The smallest absolute Gasteiger partial charge is 0.162 e. The van der Waals surface area contributed by atoms with E-state index in [0.29, 0.717) is 18.4 Å². The summed E-state index contributed by atoms with van der Waals surface area (Å²) in [5.74, 6) is 0.746. The predicted octanol–water partition coefficient (Wildman–Crippen LogP) is 3.87. The van der Waals surface area contributed by atoms with E-state index >= 15 is 0 Å². The highest BCUT2D eigenvalue weighted by Crippen LogP contribution is 2.24. The number of methoxy groups -OCH3 is 1. The van der Waals surface area contributed by atoms with Crippen LogP contribution in [0.5, 0.6) is 5.75 Å². The fraction of sp³-hybridized carbons (Fsp3) is 0.211. The van der Waals surface area contributed by atoms with E-state index in [-0.39, 0.29) is 5.78 Å². The van der Waals surface area contributed by atoms with Crippen LogP contribution in [0.15, 0.2) is 54.7 Å². The first-order valence-electron chi connectivity index (χ1n) is 7.60. The van der Waals surface area contributed by atoms with Crippen LogP contribution in [0.4, 0.5) is 0 Å². The fourth-order valence-electron chi connectivity index (χ4n) is 2.63. The van der Waals surface area contributed by atoms with Gasteiger partial charge in [0.15, 0.2) is 5.78 Å². The van der Waals surface area contributed by atoms with Gasteiger partial charge >= 0.3 is 0 Å². The number of aliphatic hydroxyl groups excluding tert-OH is 1. The molecule has 0 bridgehead atoms. The first-order chi connectivity index (χ1) is 11.2. The standard InChI is InChI=1S/C19H19NO3/c1-23-16-5-2-13(3-6-16)18(21)8-9-19(22)15-4-7-17-14(12-15)10-11-20-17/h2-7,10-12,19-20,22H,8-9H2,1H3. The van der Waals surface area contributed by atoms with Gasteiger partial charge in [0, 0.05) is 23.7 Å². The molecule has 4 nitrogen and oxygen atoms in total. The number of carbonyl (C=O) groups excluding carboxylic acids is 1. The lowest BCUT2D eigenvalue weighted by Gasteiger charge is -2.11. The first-order valence-corrected chi connectivity index (χ1v) is 7.60. The van der Waals surface area contributed by atoms with Crippen LogP contribution in [0.25, 0.3) is 10.9 Å². The summed E-state index contributed by atoms with van der Waals surface area (Å²) in [5.41, 5.74) is 2.51. The van der Waals surface area contributed by atoms with Crippen LogP contribution in [0.1, 0.15) is 34.9 Å². The molecule has 0 saturated carbocycles. The quantitative estimate of drug-likeness (QED) is 0.679. The van der Waals surface area contributed by atoms with Crippen molar-refractivity contribution in [3.63, 3.8) is 0 Å². The number of aromatic nitrogens is 1. The zero-order chi connectivity index (χ0) is 16.2. The molecule has 4 heteroatoms. The first kappa shape index (κ1) is 15.3. The Morgan fingerprint density at radius 3 is 2.70 bits per heavy atom. The molecule has 0 spiro atoms. The molecule has 0 aliphatic heterocycles. The Kier molecular flexibility index (Phi) is 4.44. The SMILES string of the molecule is COc1ccc(C(=O)CCC(O)c2ccc3[nH]ccc3c2)cc1. The molecule has 1 aromatic heterocycles. The summed E-state index contributed by atoms with van der Waals surface area (Å²) >= 11 is 0. The molecule has 3 rings (SSSR count). The molecule has 0 saturated heterocycles. The second-order valence-electron chi connectivity index (χ2n) is 5.53. The minimum Gasteiger partial charge on any atom is -0.497 e. The van der Waals surface area contributed by atoms with Crippen molar-refractivity contribution in [2.24, 2.45) is 0 Å². The highest BCUT2D eigenvalue weighted by atomic mass is 16.5. The van der Waals surface area contributed by atoms with Crippen LogP contribution in [0, 0.1) is 0 Å². The van der Waals surface area contributed by atoms with Gasteiger partial charge in [-0.05, 0) is 59.8 Å². The lowest BCUT2D eigenvalue weighted by atomic mass is 9.99. The van der Waals surface area contributed by atoms with Crippen LogP contribution in [-0.4, -0.2) is 23.0 Å². The third-order valence-electron chi connectivity index (χ3n) is 4.02. The van der Waals surface area contributed by atoms with Crippen LogP contribution in [-0.2, 0) is 0 Å². The third kappa shape index (κ3) is 3.43. The Morgan fingerprint density at radius 1 is 1.17 bits per heavy atom. The second kappa shape index (κ2) is 6.67. The second-order valence-corrected chi connectivity index (χ2v) is 5.53. The van der Waals surface area contributed by atoms with E-state index in [1.807, 2.05) is 30.5 Å². The van der Waals surface area contributed by atoms with Crippen molar-refractivity contribution in [3.05, 3.63) is 65.9 Å². The van der Waals surface area contributed by atoms with E-state index < -0.39 is 6.10 Å². The summed E-state index contributed by atoms with van der Waals surface area (Å²) in [6.45, 7) is 0. The van der Waals surface area contributed by atoms with Gasteiger partial charge in [-0.3, -0.25) is 4.79 Å². The number of aliphatic hydroxyl groups is 1. The molecule has 3 aromatic rings. The zero-order valence-corrected chi connectivity index (χ0v) is 13.0. The Labute approximate surface area is 134 Å². The molecule has 0 radical (unpaired) electrons. The molecule has 0 amide bonds. The summed E-state index contributed by atoms with van der Waals surface area (Å²) in [6.07, 6.45) is 1.93. The number of hydrogen-bond donors (Lipinski definition) is 2. The molecule has 0 aliphatic carbocycles. The fourth-order valence-corrected chi connectivity index (χ4v) is 2.63. The zero-order valence-electron chi connectivity index (χ0n) is 13.0. The van der Waals surface area contributed by atoms with Crippen molar-refractivity contribution in [2.45, 2.75) is 18.9 Å². The molecule has 2 N–H and O–H groups in total. The summed E-state index contributed by atoms with van der Waals surface area (Å²) in [4.78, 5) is 15.3. The van der Waals surface area contributed by atoms with Crippen molar-refractivity contribution in [3.8, 4) is 5.75 Å². The molecule has 23 heavy (non-hydrogen) atoms. The van der Waals surface area contributed by atoms with Gasteiger partial charge in [0.05, 0.1) is 13.2 Å². The Hall–Kier alpha value is -2.59. The maximum absolute atomic E-state index is 12.2. The number of nitrogens with one attached hydrogen (secondary N) is 1. The number of rotatable bonds is 6. The number of ketones is 1. The van der Waals surface area contributed by atoms with Crippen molar-refractivity contribution in [2.75, 3.05) is 7.11 Å². The van der Waals surface area contributed by atoms with E-state index in [9.17, 15) is 9.90 Å². The van der Waals surface area contributed by atoms with Crippen molar-refractivity contribution in [1.82, 2.24) is 4.98 Å². The number of H-pyrrole nitrogens is 1. The Balaban J connectivity index is 1.63. The van der Waals surface area contributed by atoms with Gasteiger partial charge in [-0.25, -0.2) is 0 Å². The van der Waals surface area contributed by atoms with Crippen molar-refractivity contribution < 1.29 is 14.6 Å². The van der Waals surface area contributed by atoms with E-state index in [0.717, 1.165) is 22.2 Å². The largest absolute Gasteiger partial charge is 0.497 e. The Morgan fingerprint density at radius 2 is 1.96 bits per heavy atom. The maximum Gasteiger partial charge on any atom is 0.162 e. The Bertz CT molecular complexity index is 805. The number of fused-ring (bicyclic) bond motifs is 1. The van der Waals surface area contributed by atoms with Crippen LogP contribution in [0.3, 0.4) is 0 Å². The molecular weight excluding hydrogens is 290 g/mol. The van der Waals surface area contributed by atoms with Crippen LogP contribution < -0.4 is 4.74 Å². The van der Waals surface area contributed by atoms with E-state index in [1.54, 1.807) is 31.4 Å². The van der Waals surface area contributed by atoms with Gasteiger partial charge in [-0.1, -0.05) is 6.07 Å². The molecule has 0 fully saturated rings. The van der Waals surface area contributed by atoms with Gasteiger partial charge in [-0.2, -0.15) is 0 Å². The summed E-state index contributed by atoms with van der Waals surface area (Å²) in [5, 5.41) is 11.4. The number of aromatic amines is 1. The minimum atomic E-state index is -0.642. The highest BCUT2D eigenvalue weighted by molar-refractivity contribution is 5.96. The van der Waals surface area contributed by atoms with Gasteiger partial charge in [0.25, 0.3) is 0 Å². The van der Waals surface area contributed by atoms with Crippen LogP contribution in [0.2, 0.25) is 0 Å². The number of ether oxygens (including phenoxy) is 1. The van der Waals surface area contributed by atoms with Crippen molar-refractivity contribution in [1.29, 1.82) is 0 Å². The summed E-state index contributed by atoms with van der Waals surface area (Å²) in [7, 11) is 1.59. The number of carbonyl (C=O) groups is 1. The lowest BCUT2D eigenvalue weighted by Crippen LogP contribution is -2.04. The van der Waals surface area contributed by atoms with Gasteiger partial charge in [-0.15, -0.1) is 0 Å². The lowest BCUT2D eigenvalue weighted by molar-refractivity contribution is 0.0940. The van der Waals surface area contributed by atoms with E-state index in [4.69, 9.17) is 4.74 Å². The van der Waals surface area contributed by atoms with Gasteiger partial charge in [0.1, 0.15) is 5.75 Å². The van der Waals surface area contributed by atoms with Crippen LogP contribution >= 0.6 is 0 Å². The molecule has 1 heterocycles. The summed E-state index contributed by atoms with van der Waals surface area (Å²) in [6, 6.07) is 14.8. The third-order valence-corrected chi connectivity index (χ3v) is 4.02. The van der Waals surface area contributed by atoms with Gasteiger partial charge in [0.2, 0.25) is 0 Å². The number of hydrogen-bond acceptors (Lipinski definition) is 3. The van der Waals surface area contributed by atoms with Crippen molar-refractivity contribution >= 4 is 16.7 Å². The summed E-state index contributed by atoms with van der Waals surface area (Å²) < 4.78 is 5.08. The monoisotopic (exact) mass is 309 g/mol. The molecular formula is C19H19NO3. The minimum absolute atomic E-state index is 0.0226. The molecule has 1 unspecified atom stereocenters. The molecule has 2 aromatic carbocycles. The average molecular weight is 309 g/mol. The predicted molar refractivity (Wildman–Crippen MR) is 89.8 cm³/mol. The molecule has 1 atom stereocenters.